The number of carboxylic acids is 1. The Morgan fingerprint density at radius 1 is 0.600 bits per heavy atom. The number of carbonyl (C=O) groups is 9. The molecule has 0 spiro atoms. The van der Waals surface area contributed by atoms with Crippen LogP contribution in [0.1, 0.15) is 85.6 Å². The normalized spacial score (nSPS) is 14.1. The van der Waals surface area contributed by atoms with Crippen LogP contribution in [0.5, 0.6) is 5.75 Å². The fourth-order valence-corrected chi connectivity index (χ4v) is 7.11. The summed E-state index contributed by atoms with van der Waals surface area (Å²) in [6.45, 7) is 9.26. The molecule has 0 aliphatic carbocycles. The molecule has 1 rings (SSSR count). The van der Waals surface area contributed by atoms with E-state index < -0.39 is 126 Å². The van der Waals surface area contributed by atoms with Gasteiger partial charge in [-0.05, 0) is 86.1 Å². The number of aromatic hydroxyl groups is 1. The van der Waals surface area contributed by atoms with E-state index in [1.54, 1.807) is 47.8 Å². The number of carbonyl (C=O) groups excluding carboxylic acids is 8. The number of thioether (sulfide) groups is 1. The highest BCUT2D eigenvalue weighted by Gasteiger charge is 2.34. The van der Waals surface area contributed by atoms with E-state index in [0.717, 1.165) is 0 Å². The van der Waals surface area contributed by atoms with Gasteiger partial charge in [0, 0.05) is 13.0 Å². The van der Waals surface area contributed by atoms with Gasteiger partial charge in [-0.2, -0.15) is 11.8 Å². The van der Waals surface area contributed by atoms with Crippen LogP contribution in [0.4, 0.5) is 0 Å². The maximum Gasteiger partial charge on any atom is 0.326 e. The fourth-order valence-electron chi connectivity index (χ4n) is 6.64. The Labute approximate surface area is 413 Å². The lowest BCUT2D eigenvalue weighted by Gasteiger charge is -2.28. The highest BCUT2D eigenvalue weighted by molar-refractivity contribution is 7.98. The van der Waals surface area contributed by atoms with Crippen molar-refractivity contribution >= 4 is 70.9 Å². The van der Waals surface area contributed by atoms with Gasteiger partial charge in [0.25, 0.3) is 0 Å². The summed E-state index contributed by atoms with van der Waals surface area (Å²) in [6.07, 6.45) is 3.58. The smallest absolute Gasteiger partial charge is 0.326 e. The topological polar surface area (TPSA) is 407 Å². The van der Waals surface area contributed by atoms with Crippen LogP contribution in [-0.2, 0) is 49.6 Å². The van der Waals surface area contributed by atoms with Crippen molar-refractivity contribution in [2.24, 2.45) is 45.7 Å². The lowest BCUT2D eigenvalue weighted by molar-refractivity contribution is -0.143. The van der Waals surface area contributed by atoms with Gasteiger partial charge in [-0.3, -0.25) is 43.3 Å². The number of aliphatic imine (C=N–C) groups is 1. The molecule has 0 aromatic heterocycles. The van der Waals surface area contributed by atoms with Crippen molar-refractivity contribution in [1.82, 2.24) is 42.5 Å². The molecule has 8 amide bonds. The van der Waals surface area contributed by atoms with Crippen LogP contribution in [0.25, 0.3) is 0 Å². The number of aliphatic carboxylic acids is 1. The third-order valence-corrected chi connectivity index (χ3v) is 11.4. The van der Waals surface area contributed by atoms with Crippen LogP contribution in [0.2, 0.25) is 0 Å². The van der Waals surface area contributed by atoms with Gasteiger partial charge in [-0.15, -0.1) is 0 Å². The number of benzene rings is 1. The zero-order valence-corrected chi connectivity index (χ0v) is 42.1. The Morgan fingerprint density at radius 2 is 1.11 bits per heavy atom. The van der Waals surface area contributed by atoms with E-state index in [-0.39, 0.29) is 43.9 Å². The molecule has 0 radical (unpaired) electrons. The van der Waals surface area contributed by atoms with Gasteiger partial charge in [0.1, 0.15) is 42.0 Å². The Morgan fingerprint density at radius 3 is 1.66 bits per heavy atom. The second kappa shape index (κ2) is 32.6. The number of phenols is 1. The number of amides is 8. The Kier molecular flexibility index (Phi) is 28.8. The number of unbranched alkanes of at least 4 members (excludes halogenated alkanes) is 1. The van der Waals surface area contributed by atoms with Crippen molar-refractivity contribution in [3.8, 4) is 5.75 Å². The quantitative estimate of drug-likeness (QED) is 0.0195. The number of nitrogens with two attached hydrogens (primary N) is 4. The minimum Gasteiger partial charge on any atom is -0.508 e. The van der Waals surface area contributed by atoms with E-state index in [1.807, 2.05) is 0 Å². The third-order valence-electron chi connectivity index (χ3n) is 10.7. The van der Waals surface area contributed by atoms with Crippen molar-refractivity contribution in [3.05, 3.63) is 29.8 Å². The molecule has 25 heteroatoms. The molecule has 0 aliphatic heterocycles. The zero-order chi connectivity index (χ0) is 53.1. The summed E-state index contributed by atoms with van der Waals surface area (Å²) < 4.78 is 0. The zero-order valence-electron chi connectivity index (χ0n) is 41.3. The first-order chi connectivity index (χ1) is 32.9. The molecular weight excluding hydrogens is 931 g/mol. The maximum atomic E-state index is 14.2. The first-order valence-electron chi connectivity index (χ1n) is 23.3. The van der Waals surface area contributed by atoms with Gasteiger partial charge in [0.2, 0.25) is 47.3 Å². The van der Waals surface area contributed by atoms with Gasteiger partial charge in [-0.1, -0.05) is 60.1 Å². The summed E-state index contributed by atoms with van der Waals surface area (Å²) in [5.74, 6) is -8.41. The number of guanidine groups is 1. The minimum atomic E-state index is -1.37. The molecule has 70 heavy (non-hydrogen) atoms. The molecule has 0 aliphatic rings. The van der Waals surface area contributed by atoms with Crippen molar-refractivity contribution in [3.63, 3.8) is 0 Å². The number of hydrogen-bond donors (Lipinski definition) is 14. The monoisotopic (exact) mass is 1010 g/mol. The van der Waals surface area contributed by atoms with Crippen LogP contribution in [0.15, 0.2) is 29.3 Å². The average Bonchev–Trinajstić information content (AvgIpc) is 3.29. The van der Waals surface area contributed by atoms with Crippen LogP contribution >= 0.6 is 11.8 Å². The van der Waals surface area contributed by atoms with Crippen LogP contribution in [-0.4, -0.2) is 150 Å². The van der Waals surface area contributed by atoms with E-state index in [0.29, 0.717) is 37.1 Å². The Hall–Kier alpha value is -6.21. The summed E-state index contributed by atoms with van der Waals surface area (Å²) in [7, 11) is 0. The molecule has 18 N–H and O–H groups in total. The second-order valence-electron chi connectivity index (χ2n) is 17.8. The molecular formula is C45H77N13O11S. The summed E-state index contributed by atoms with van der Waals surface area (Å²) in [5, 5.41) is 39.7. The van der Waals surface area contributed by atoms with Gasteiger partial charge in [0.15, 0.2) is 5.96 Å². The molecule has 394 valence electrons. The lowest BCUT2D eigenvalue weighted by atomic mass is 10.00. The molecule has 0 saturated heterocycles. The molecule has 0 saturated carbocycles. The SMILES string of the molecule is CSCC[C@H](NC(=O)[C@H](CCCN=C(N)N)NC(=O)[C@@H](NC(=O)[C@@H](N)CCCCN)C(C)C)C(=O)N[C@@H](Cc1ccc(O)cc1)C(=O)N[C@H](C(=O)NCC(=O)NCC(=O)N[C@H](C(=O)O)C(C)C)C(C)C. The van der Waals surface area contributed by atoms with Crippen LogP contribution < -0.4 is 65.5 Å². The van der Waals surface area contributed by atoms with Crippen LogP contribution in [0, 0.1) is 17.8 Å². The van der Waals surface area contributed by atoms with E-state index in [9.17, 15) is 53.4 Å². The Balaban J connectivity index is 3.37. The number of nitrogens with zero attached hydrogens (tertiary/aromatic N) is 1. The summed E-state index contributed by atoms with van der Waals surface area (Å²) >= 11 is 1.38. The average molecular weight is 1010 g/mol. The number of carboxylic acid groups (broad SMARTS) is 1. The predicted molar refractivity (Wildman–Crippen MR) is 265 cm³/mol. The van der Waals surface area contributed by atoms with Gasteiger partial charge >= 0.3 is 5.97 Å². The minimum absolute atomic E-state index is 0.00955. The predicted octanol–water partition coefficient (Wildman–Crippen LogP) is -2.61. The first kappa shape index (κ1) is 61.8. The lowest BCUT2D eigenvalue weighted by Crippen LogP contribution is -2.60. The van der Waals surface area contributed by atoms with E-state index in [2.05, 4.69) is 47.5 Å². The van der Waals surface area contributed by atoms with Crippen LogP contribution in [0.3, 0.4) is 0 Å². The highest BCUT2D eigenvalue weighted by atomic mass is 32.2. The third kappa shape index (κ3) is 23.9. The molecule has 0 heterocycles. The highest BCUT2D eigenvalue weighted by Crippen LogP contribution is 2.14. The van der Waals surface area contributed by atoms with E-state index in [1.165, 1.54) is 36.0 Å². The van der Waals surface area contributed by atoms with Gasteiger partial charge < -0.3 is 75.7 Å². The van der Waals surface area contributed by atoms with Gasteiger partial charge in [0.05, 0.1) is 19.1 Å². The van der Waals surface area contributed by atoms with Gasteiger partial charge in [-0.25, -0.2) is 4.79 Å². The number of phenolic OH excluding ortho intramolecular Hbond substituents is 1. The molecule has 7 atom stereocenters. The van der Waals surface area contributed by atoms with Crippen molar-refractivity contribution in [2.45, 2.75) is 129 Å². The fraction of sp³-hybridized carbons (Fsp3) is 0.644. The molecule has 1 aromatic carbocycles. The van der Waals surface area contributed by atoms with Crippen molar-refractivity contribution in [1.29, 1.82) is 0 Å². The molecule has 0 bridgehead atoms. The summed E-state index contributed by atoms with van der Waals surface area (Å²) in [4.78, 5) is 123. The Bertz CT molecular complexity index is 1920. The first-order valence-corrected chi connectivity index (χ1v) is 24.7. The van der Waals surface area contributed by atoms with Crippen molar-refractivity contribution in [2.75, 3.05) is 38.2 Å². The summed E-state index contributed by atoms with van der Waals surface area (Å²) in [6, 6.07) is -2.46. The number of nitrogens with one attached hydrogen (secondary N) is 8. The van der Waals surface area contributed by atoms with E-state index in [4.69, 9.17) is 22.9 Å². The molecule has 0 unspecified atom stereocenters. The largest absolute Gasteiger partial charge is 0.508 e. The summed E-state index contributed by atoms with van der Waals surface area (Å²) in [5.41, 5.74) is 23.1. The van der Waals surface area contributed by atoms with Crippen molar-refractivity contribution < 1.29 is 53.4 Å². The number of rotatable bonds is 33. The standard InChI is InChI=1S/C45H77N13O11S/c1-24(2)35(42(66)52-22-33(60)51-23-34(61)56-37(26(5)6)44(68)69)58-41(65)32(21-27-13-15-28(59)16-14-27)55-40(64)31(17-20-70-7)53-39(63)30(12-10-19-50-45(48)49)54-43(67)36(25(3)4)57-38(62)29(47)11-8-9-18-46/h13-16,24-26,29-32,35-37,59H,8-12,17-23,46-47H2,1-7H3,(H,51,60)(H,52,66)(H,53,63)(H,54,67)(H,55,64)(H,56,61)(H,57,62)(H,58,65)(H,68,69)(H4,48,49,50)/t29-,30-,31-,32-,35-,36-,37-/m0/s1. The molecule has 1 aromatic rings. The number of hydrogen-bond acceptors (Lipinski definition) is 14. The molecule has 24 nitrogen and oxygen atoms in total. The maximum absolute atomic E-state index is 14.2. The van der Waals surface area contributed by atoms with E-state index >= 15 is 0 Å². The molecule has 0 fully saturated rings. The second-order valence-corrected chi connectivity index (χ2v) is 18.7.